The standard InChI is InChI=1S/C11H13N5O2/c1-3-18-10-5-8(12-6-13-10)11(17)14-9-4-7(2)15-16-9/h4-6H,3H2,1-2H3,(H2,14,15,16,17). The highest BCUT2D eigenvalue weighted by Gasteiger charge is 2.10. The van der Waals surface area contributed by atoms with E-state index in [1.165, 1.54) is 12.4 Å². The van der Waals surface area contributed by atoms with Crippen LogP contribution in [0.1, 0.15) is 23.1 Å². The number of nitrogens with one attached hydrogen (secondary N) is 2. The van der Waals surface area contributed by atoms with Gasteiger partial charge in [0.25, 0.3) is 5.91 Å². The van der Waals surface area contributed by atoms with E-state index >= 15 is 0 Å². The van der Waals surface area contributed by atoms with Crippen molar-refractivity contribution >= 4 is 11.7 Å². The maximum Gasteiger partial charge on any atom is 0.275 e. The fourth-order valence-electron chi connectivity index (χ4n) is 1.35. The highest BCUT2D eigenvalue weighted by atomic mass is 16.5. The number of amides is 1. The third-order valence-electron chi connectivity index (χ3n) is 2.11. The zero-order valence-electron chi connectivity index (χ0n) is 10.1. The quantitative estimate of drug-likeness (QED) is 0.845. The van der Waals surface area contributed by atoms with E-state index in [4.69, 9.17) is 4.74 Å². The van der Waals surface area contributed by atoms with Crippen molar-refractivity contribution in [3.05, 3.63) is 29.8 Å². The van der Waals surface area contributed by atoms with Crippen LogP contribution in [-0.2, 0) is 0 Å². The zero-order valence-corrected chi connectivity index (χ0v) is 10.1. The molecule has 2 rings (SSSR count). The molecule has 0 aliphatic heterocycles. The number of H-pyrrole nitrogens is 1. The SMILES string of the molecule is CCOc1cc(C(=O)Nc2cc(C)[nH]n2)ncn1. The molecule has 0 atom stereocenters. The number of aromatic nitrogens is 4. The second kappa shape index (κ2) is 5.26. The Morgan fingerprint density at radius 3 is 2.94 bits per heavy atom. The molecule has 0 saturated carbocycles. The molecule has 0 unspecified atom stereocenters. The minimum atomic E-state index is -0.357. The Labute approximate surface area is 104 Å². The molecule has 0 fully saturated rings. The topological polar surface area (TPSA) is 92.8 Å². The Bertz CT molecular complexity index is 552. The van der Waals surface area contributed by atoms with E-state index in [1.54, 1.807) is 6.07 Å². The Hall–Kier alpha value is -2.44. The molecule has 0 bridgehead atoms. The van der Waals surface area contributed by atoms with Gasteiger partial charge in [0.2, 0.25) is 5.88 Å². The molecule has 2 aromatic rings. The van der Waals surface area contributed by atoms with Crippen LogP contribution >= 0.6 is 0 Å². The van der Waals surface area contributed by atoms with Crippen molar-refractivity contribution in [1.29, 1.82) is 0 Å². The summed E-state index contributed by atoms with van der Waals surface area (Å²) in [6.45, 7) is 4.17. The third kappa shape index (κ3) is 2.82. The van der Waals surface area contributed by atoms with Gasteiger partial charge >= 0.3 is 0 Å². The van der Waals surface area contributed by atoms with Gasteiger partial charge in [0.05, 0.1) is 6.61 Å². The number of anilines is 1. The first-order valence-corrected chi connectivity index (χ1v) is 5.47. The third-order valence-corrected chi connectivity index (χ3v) is 2.11. The molecule has 7 nitrogen and oxygen atoms in total. The number of rotatable bonds is 4. The summed E-state index contributed by atoms with van der Waals surface area (Å²) >= 11 is 0. The summed E-state index contributed by atoms with van der Waals surface area (Å²) in [5.41, 5.74) is 1.09. The van der Waals surface area contributed by atoms with Gasteiger partial charge in [-0.1, -0.05) is 0 Å². The molecule has 1 amide bonds. The first-order valence-electron chi connectivity index (χ1n) is 5.47. The van der Waals surface area contributed by atoms with Crippen LogP contribution < -0.4 is 10.1 Å². The molecule has 0 aliphatic rings. The Morgan fingerprint density at radius 2 is 2.28 bits per heavy atom. The van der Waals surface area contributed by atoms with Crippen LogP contribution in [0.15, 0.2) is 18.5 Å². The summed E-state index contributed by atoms with van der Waals surface area (Å²) in [6.07, 6.45) is 1.29. The maximum atomic E-state index is 11.9. The van der Waals surface area contributed by atoms with Crippen molar-refractivity contribution in [2.45, 2.75) is 13.8 Å². The first-order chi connectivity index (χ1) is 8.69. The molecule has 2 N–H and O–H groups in total. The van der Waals surface area contributed by atoms with E-state index in [1.807, 2.05) is 13.8 Å². The van der Waals surface area contributed by atoms with Crippen molar-refractivity contribution in [2.75, 3.05) is 11.9 Å². The lowest BCUT2D eigenvalue weighted by Crippen LogP contribution is -2.14. The Balaban J connectivity index is 2.11. The minimum absolute atomic E-state index is 0.231. The molecule has 0 radical (unpaired) electrons. The fourth-order valence-corrected chi connectivity index (χ4v) is 1.35. The number of nitrogens with zero attached hydrogens (tertiary/aromatic N) is 3. The maximum absolute atomic E-state index is 11.9. The number of aryl methyl sites for hydroxylation is 1. The van der Waals surface area contributed by atoms with E-state index in [-0.39, 0.29) is 11.6 Å². The summed E-state index contributed by atoms with van der Waals surface area (Å²) in [5, 5.41) is 9.26. The average molecular weight is 247 g/mol. The van der Waals surface area contributed by atoms with Crippen LogP contribution in [0.25, 0.3) is 0 Å². The molecule has 2 heterocycles. The Kier molecular flexibility index (Phi) is 3.52. The minimum Gasteiger partial charge on any atom is -0.478 e. The van der Waals surface area contributed by atoms with Crippen LogP contribution in [0.2, 0.25) is 0 Å². The smallest absolute Gasteiger partial charge is 0.275 e. The molecule has 2 aromatic heterocycles. The number of ether oxygens (including phenoxy) is 1. The van der Waals surface area contributed by atoms with Crippen molar-refractivity contribution in [3.63, 3.8) is 0 Å². The predicted molar refractivity (Wildman–Crippen MR) is 64.5 cm³/mol. The second-order valence-electron chi connectivity index (χ2n) is 3.56. The van der Waals surface area contributed by atoms with E-state index in [2.05, 4.69) is 25.5 Å². The highest BCUT2D eigenvalue weighted by Crippen LogP contribution is 2.09. The largest absolute Gasteiger partial charge is 0.478 e. The van der Waals surface area contributed by atoms with Gasteiger partial charge in [-0.3, -0.25) is 9.89 Å². The normalized spacial score (nSPS) is 10.1. The molecule has 18 heavy (non-hydrogen) atoms. The molecular formula is C11H13N5O2. The summed E-state index contributed by atoms with van der Waals surface area (Å²) in [7, 11) is 0. The van der Waals surface area contributed by atoms with Crippen LogP contribution in [-0.4, -0.2) is 32.7 Å². The number of hydrogen-bond acceptors (Lipinski definition) is 5. The van der Waals surface area contributed by atoms with Gasteiger partial charge in [0, 0.05) is 17.8 Å². The van der Waals surface area contributed by atoms with Gasteiger partial charge in [0.1, 0.15) is 12.0 Å². The molecule has 0 saturated heterocycles. The summed E-state index contributed by atoms with van der Waals surface area (Å²) in [4.78, 5) is 19.6. The second-order valence-corrected chi connectivity index (χ2v) is 3.56. The number of carbonyl (C=O) groups is 1. The van der Waals surface area contributed by atoms with Crippen LogP contribution in [0.3, 0.4) is 0 Å². The van der Waals surface area contributed by atoms with Crippen molar-refractivity contribution in [2.24, 2.45) is 0 Å². The van der Waals surface area contributed by atoms with Gasteiger partial charge in [-0.25, -0.2) is 9.97 Å². The highest BCUT2D eigenvalue weighted by molar-refractivity contribution is 6.02. The molecular weight excluding hydrogens is 234 g/mol. The van der Waals surface area contributed by atoms with E-state index < -0.39 is 0 Å². The summed E-state index contributed by atoms with van der Waals surface area (Å²) < 4.78 is 5.20. The molecule has 7 heteroatoms. The monoisotopic (exact) mass is 247 g/mol. The van der Waals surface area contributed by atoms with Crippen LogP contribution in [0, 0.1) is 6.92 Å². The summed E-state index contributed by atoms with van der Waals surface area (Å²) in [6, 6.07) is 3.21. The number of carbonyl (C=O) groups excluding carboxylic acids is 1. The van der Waals surface area contributed by atoms with Crippen LogP contribution in [0.4, 0.5) is 5.82 Å². The van der Waals surface area contributed by atoms with Gasteiger partial charge in [-0.2, -0.15) is 5.10 Å². The molecule has 0 aromatic carbocycles. The summed E-state index contributed by atoms with van der Waals surface area (Å²) in [5.74, 6) is 0.467. The van der Waals surface area contributed by atoms with E-state index in [9.17, 15) is 4.79 Å². The zero-order chi connectivity index (χ0) is 13.0. The van der Waals surface area contributed by atoms with Gasteiger partial charge in [-0.15, -0.1) is 0 Å². The lowest BCUT2D eigenvalue weighted by atomic mass is 10.3. The number of hydrogen-bond donors (Lipinski definition) is 2. The predicted octanol–water partition coefficient (Wildman–Crippen LogP) is 1.16. The fraction of sp³-hybridized carbons (Fsp3) is 0.273. The van der Waals surface area contributed by atoms with Crippen LogP contribution in [0.5, 0.6) is 5.88 Å². The van der Waals surface area contributed by atoms with E-state index in [0.29, 0.717) is 18.3 Å². The lowest BCUT2D eigenvalue weighted by Gasteiger charge is -2.03. The van der Waals surface area contributed by atoms with Crippen molar-refractivity contribution < 1.29 is 9.53 Å². The van der Waals surface area contributed by atoms with Gasteiger partial charge in [-0.05, 0) is 13.8 Å². The lowest BCUT2D eigenvalue weighted by molar-refractivity contribution is 0.102. The van der Waals surface area contributed by atoms with Crippen molar-refractivity contribution in [3.8, 4) is 5.88 Å². The Morgan fingerprint density at radius 1 is 1.44 bits per heavy atom. The van der Waals surface area contributed by atoms with E-state index in [0.717, 1.165) is 5.69 Å². The first kappa shape index (κ1) is 12.0. The molecule has 0 spiro atoms. The molecule has 94 valence electrons. The number of aromatic amines is 1. The van der Waals surface area contributed by atoms with Gasteiger partial charge in [0.15, 0.2) is 5.82 Å². The van der Waals surface area contributed by atoms with Gasteiger partial charge < -0.3 is 10.1 Å². The molecule has 0 aliphatic carbocycles. The average Bonchev–Trinajstić information content (AvgIpc) is 2.75. The van der Waals surface area contributed by atoms with Crippen molar-refractivity contribution in [1.82, 2.24) is 20.2 Å².